The Kier molecular flexibility index (Phi) is 6.43. The van der Waals surface area contributed by atoms with Gasteiger partial charge in [-0.15, -0.1) is 5.10 Å². The van der Waals surface area contributed by atoms with Crippen molar-refractivity contribution in [2.75, 3.05) is 6.54 Å². The van der Waals surface area contributed by atoms with Crippen LogP contribution in [0.1, 0.15) is 75.9 Å². The first kappa shape index (κ1) is 15.9. The Morgan fingerprint density at radius 2 is 2.05 bits per heavy atom. The van der Waals surface area contributed by atoms with Crippen LogP contribution in [0.3, 0.4) is 0 Å². The molecule has 0 bridgehead atoms. The third-order valence-electron chi connectivity index (χ3n) is 4.74. The summed E-state index contributed by atoms with van der Waals surface area (Å²) >= 11 is 1.62. The first-order chi connectivity index (χ1) is 9.81. The van der Waals surface area contributed by atoms with Crippen molar-refractivity contribution >= 4 is 11.5 Å². The lowest BCUT2D eigenvalue weighted by atomic mass is 9.73. The Labute approximate surface area is 127 Å². The molecule has 1 aromatic rings. The van der Waals surface area contributed by atoms with Crippen molar-refractivity contribution in [3.8, 4) is 0 Å². The predicted octanol–water partition coefficient (Wildman–Crippen LogP) is 4.36. The third-order valence-corrected chi connectivity index (χ3v) is 5.59. The molecule has 3 unspecified atom stereocenters. The van der Waals surface area contributed by atoms with E-state index >= 15 is 0 Å². The molecule has 1 heterocycles. The predicted molar refractivity (Wildman–Crippen MR) is 86.1 cm³/mol. The second-order valence-corrected chi connectivity index (χ2v) is 6.77. The van der Waals surface area contributed by atoms with E-state index in [2.05, 4.69) is 35.7 Å². The Hall–Kier alpha value is -0.480. The van der Waals surface area contributed by atoms with E-state index in [1.165, 1.54) is 49.1 Å². The van der Waals surface area contributed by atoms with Crippen molar-refractivity contribution in [3.05, 3.63) is 10.6 Å². The molecule has 0 spiro atoms. The average Bonchev–Trinajstić information content (AvgIpc) is 2.96. The summed E-state index contributed by atoms with van der Waals surface area (Å²) in [4.78, 5) is 1.41. The van der Waals surface area contributed by atoms with Crippen molar-refractivity contribution in [1.29, 1.82) is 0 Å². The number of hydrogen-bond donors (Lipinski definition) is 1. The van der Waals surface area contributed by atoms with Gasteiger partial charge >= 0.3 is 0 Å². The van der Waals surface area contributed by atoms with E-state index in [-0.39, 0.29) is 0 Å². The van der Waals surface area contributed by atoms with Gasteiger partial charge in [-0.2, -0.15) is 0 Å². The molecule has 1 saturated carbocycles. The van der Waals surface area contributed by atoms with Crippen molar-refractivity contribution in [1.82, 2.24) is 14.9 Å². The first-order valence-electron chi connectivity index (χ1n) is 8.36. The van der Waals surface area contributed by atoms with Crippen molar-refractivity contribution in [2.45, 2.75) is 71.8 Å². The minimum Gasteiger partial charge on any atom is -0.309 e. The fourth-order valence-corrected chi connectivity index (χ4v) is 4.51. The number of nitrogens with one attached hydrogen (secondary N) is 1. The lowest BCUT2D eigenvalue weighted by molar-refractivity contribution is 0.177. The van der Waals surface area contributed by atoms with Crippen LogP contribution in [0.2, 0.25) is 0 Å². The van der Waals surface area contributed by atoms with Gasteiger partial charge in [0.05, 0.1) is 10.6 Å². The van der Waals surface area contributed by atoms with Gasteiger partial charge < -0.3 is 5.32 Å². The van der Waals surface area contributed by atoms with Gasteiger partial charge in [0.25, 0.3) is 0 Å². The van der Waals surface area contributed by atoms with Gasteiger partial charge in [0.15, 0.2) is 0 Å². The molecule has 20 heavy (non-hydrogen) atoms. The topological polar surface area (TPSA) is 37.8 Å². The van der Waals surface area contributed by atoms with E-state index in [0.717, 1.165) is 24.8 Å². The van der Waals surface area contributed by atoms with Crippen LogP contribution < -0.4 is 5.32 Å². The summed E-state index contributed by atoms with van der Waals surface area (Å²) in [6, 6.07) is 0.482. The zero-order valence-corrected chi connectivity index (χ0v) is 14.0. The van der Waals surface area contributed by atoms with Crippen LogP contribution in [0.4, 0.5) is 0 Å². The highest BCUT2D eigenvalue weighted by molar-refractivity contribution is 7.05. The Bertz CT molecular complexity index is 391. The minimum absolute atomic E-state index is 0.482. The van der Waals surface area contributed by atoms with Gasteiger partial charge in [-0.1, -0.05) is 50.9 Å². The second kappa shape index (κ2) is 8.08. The molecule has 0 amide bonds. The Balaban J connectivity index is 2.21. The summed E-state index contributed by atoms with van der Waals surface area (Å²) < 4.78 is 4.22. The molecule has 4 heteroatoms. The molecule has 1 aliphatic carbocycles. The fourth-order valence-electron chi connectivity index (χ4n) is 3.62. The molecule has 0 saturated heterocycles. The molecule has 3 nitrogen and oxygen atoms in total. The number of aryl methyl sites for hydroxylation is 1. The highest BCUT2D eigenvalue weighted by Crippen LogP contribution is 2.41. The summed E-state index contributed by atoms with van der Waals surface area (Å²) in [5.41, 5.74) is 1.21. The van der Waals surface area contributed by atoms with Gasteiger partial charge in [-0.05, 0) is 49.2 Å². The molecule has 0 aromatic carbocycles. The quantitative estimate of drug-likeness (QED) is 0.812. The van der Waals surface area contributed by atoms with Gasteiger partial charge in [0.1, 0.15) is 0 Å². The third kappa shape index (κ3) is 3.59. The van der Waals surface area contributed by atoms with Crippen LogP contribution in [0.25, 0.3) is 0 Å². The molecule has 1 N–H and O–H groups in total. The van der Waals surface area contributed by atoms with Crippen LogP contribution in [-0.4, -0.2) is 16.1 Å². The lowest BCUT2D eigenvalue weighted by Crippen LogP contribution is -2.35. The number of hydrogen-bond acceptors (Lipinski definition) is 4. The summed E-state index contributed by atoms with van der Waals surface area (Å²) in [7, 11) is 0. The Morgan fingerprint density at radius 1 is 1.25 bits per heavy atom. The lowest BCUT2D eigenvalue weighted by Gasteiger charge is -2.37. The molecule has 114 valence electrons. The van der Waals surface area contributed by atoms with Crippen molar-refractivity contribution < 1.29 is 0 Å². The monoisotopic (exact) mass is 295 g/mol. The van der Waals surface area contributed by atoms with E-state index in [1.807, 2.05) is 0 Å². The van der Waals surface area contributed by atoms with Gasteiger partial charge in [-0.3, -0.25) is 0 Å². The van der Waals surface area contributed by atoms with Crippen LogP contribution >= 0.6 is 11.5 Å². The average molecular weight is 295 g/mol. The molecule has 2 rings (SSSR count). The maximum Gasteiger partial charge on any atom is 0.0801 e. The fraction of sp³-hybridized carbons (Fsp3) is 0.875. The van der Waals surface area contributed by atoms with E-state index < -0.39 is 0 Å². The van der Waals surface area contributed by atoms with E-state index in [4.69, 9.17) is 0 Å². The number of nitrogens with zero attached hydrogens (tertiary/aromatic N) is 2. The zero-order chi connectivity index (χ0) is 14.4. The molecule has 1 aliphatic rings. The van der Waals surface area contributed by atoms with Crippen molar-refractivity contribution in [2.24, 2.45) is 11.8 Å². The standard InChI is InChI=1S/C16H29N3S/c1-4-11-17-15(16-14(6-3)18-19-20-16)13-10-8-7-9-12(13)5-2/h12-13,15,17H,4-11H2,1-3H3. The number of rotatable bonds is 7. The zero-order valence-electron chi connectivity index (χ0n) is 13.2. The molecule has 0 aliphatic heterocycles. The normalized spacial score (nSPS) is 24.8. The molecule has 1 aromatic heterocycles. The summed E-state index contributed by atoms with van der Waals surface area (Å²) in [6.45, 7) is 7.88. The van der Waals surface area contributed by atoms with Crippen LogP contribution in [0.15, 0.2) is 0 Å². The van der Waals surface area contributed by atoms with E-state index in [1.54, 1.807) is 11.5 Å². The number of aromatic nitrogens is 2. The highest BCUT2D eigenvalue weighted by Gasteiger charge is 2.33. The SMILES string of the molecule is CCCNC(c1snnc1CC)C1CCCCC1CC. The second-order valence-electron chi connectivity index (χ2n) is 5.99. The van der Waals surface area contributed by atoms with Gasteiger partial charge in [0.2, 0.25) is 0 Å². The molecule has 1 fully saturated rings. The van der Waals surface area contributed by atoms with Gasteiger partial charge in [0, 0.05) is 6.04 Å². The molecule has 3 atom stereocenters. The maximum atomic E-state index is 4.34. The molecular weight excluding hydrogens is 266 g/mol. The summed E-state index contributed by atoms with van der Waals surface area (Å²) in [6.07, 6.45) is 9.06. The van der Waals surface area contributed by atoms with Crippen LogP contribution in [0, 0.1) is 11.8 Å². The smallest absolute Gasteiger partial charge is 0.0801 e. The van der Waals surface area contributed by atoms with Crippen molar-refractivity contribution in [3.63, 3.8) is 0 Å². The van der Waals surface area contributed by atoms with Crippen LogP contribution in [-0.2, 0) is 6.42 Å². The maximum absolute atomic E-state index is 4.34. The largest absolute Gasteiger partial charge is 0.309 e. The molecule has 0 radical (unpaired) electrons. The van der Waals surface area contributed by atoms with E-state index in [0.29, 0.717) is 6.04 Å². The summed E-state index contributed by atoms with van der Waals surface area (Å²) in [5, 5.41) is 8.15. The van der Waals surface area contributed by atoms with Gasteiger partial charge in [-0.25, -0.2) is 0 Å². The van der Waals surface area contributed by atoms with Crippen LogP contribution in [0.5, 0.6) is 0 Å². The summed E-state index contributed by atoms with van der Waals surface area (Å²) in [5.74, 6) is 1.64. The minimum atomic E-state index is 0.482. The van der Waals surface area contributed by atoms with E-state index in [9.17, 15) is 0 Å². The first-order valence-corrected chi connectivity index (χ1v) is 9.13. The molecular formula is C16H29N3S. The Morgan fingerprint density at radius 3 is 2.75 bits per heavy atom. The highest BCUT2D eigenvalue weighted by atomic mass is 32.1.